The number of benzene rings is 2. The van der Waals surface area contributed by atoms with Crippen LogP contribution in [-0.4, -0.2) is 71.8 Å². The minimum atomic E-state index is -3.91. The van der Waals surface area contributed by atoms with Gasteiger partial charge in [0.15, 0.2) is 0 Å². The maximum atomic E-state index is 13.4. The van der Waals surface area contributed by atoms with Crippen molar-refractivity contribution < 1.29 is 21.2 Å². The molecule has 10 nitrogen and oxygen atoms in total. The largest absolute Gasteiger partial charge is 0.243 e. The predicted octanol–water partition coefficient (Wildman–Crippen LogP) is 0.497. The van der Waals surface area contributed by atoms with Gasteiger partial charge in [0, 0.05) is 26.2 Å². The first-order chi connectivity index (χ1) is 14.3. The Kier molecular flexibility index (Phi) is 5.36. The normalized spacial score (nSPS) is 16.6. The van der Waals surface area contributed by atoms with Crippen molar-refractivity contribution >= 4 is 20.0 Å². The van der Waals surface area contributed by atoms with E-state index in [9.17, 15) is 21.2 Å². The highest BCUT2D eigenvalue weighted by Gasteiger charge is 2.34. The average Bonchev–Trinajstić information content (AvgIpc) is 3.29. The van der Waals surface area contributed by atoms with Crippen LogP contribution in [-0.2, 0) is 20.0 Å². The quantitative estimate of drug-likeness (QED) is 0.553. The van der Waals surface area contributed by atoms with Gasteiger partial charge in [-0.05, 0) is 46.8 Å². The molecule has 2 aromatic carbocycles. The van der Waals surface area contributed by atoms with Gasteiger partial charge >= 0.3 is 0 Å². The molecule has 1 fully saturated rings. The van der Waals surface area contributed by atoms with Gasteiger partial charge in [-0.2, -0.15) is 8.61 Å². The van der Waals surface area contributed by atoms with Crippen LogP contribution in [0.4, 0.5) is 4.39 Å². The van der Waals surface area contributed by atoms with Crippen molar-refractivity contribution in [2.75, 3.05) is 26.2 Å². The van der Waals surface area contributed by atoms with Gasteiger partial charge in [0.25, 0.3) is 0 Å². The van der Waals surface area contributed by atoms with E-state index in [1.165, 1.54) is 39.6 Å². The summed E-state index contributed by atoms with van der Waals surface area (Å²) < 4.78 is 68.6. The van der Waals surface area contributed by atoms with Crippen LogP contribution in [0.1, 0.15) is 0 Å². The Morgan fingerprint density at radius 3 is 1.90 bits per heavy atom. The first kappa shape index (κ1) is 20.5. The van der Waals surface area contributed by atoms with Crippen LogP contribution in [0.25, 0.3) is 5.69 Å². The minimum Gasteiger partial charge on any atom is -0.207 e. The molecule has 4 rings (SSSR count). The molecule has 0 unspecified atom stereocenters. The summed E-state index contributed by atoms with van der Waals surface area (Å²) in [5, 5.41) is 10.8. The van der Waals surface area contributed by atoms with Gasteiger partial charge in [-0.3, -0.25) is 0 Å². The SMILES string of the molecule is O=S(=O)(c1cccc(F)c1)N1CCN(S(=O)(=O)c2cccc(-n3cnnn3)c2)CC1. The zero-order valence-corrected chi connectivity index (χ0v) is 17.2. The summed E-state index contributed by atoms with van der Waals surface area (Å²) in [5.41, 5.74) is 0.480. The summed E-state index contributed by atoms with van der Waals surface area (Å²) in [6, 6.07) is 10.9. The predicted molar refractivity (Wildman–Crippen MR) is 103 cm³/mol. The zero-order valence-electron chi connectivity index (χ0n) is 15.5. The lowest BCUT2D eigenvalue weighted by molar-refractivity contribution is 0.272. The summed E-state index contributed by atoms with van der Waals surface area (Å²) >= 11 is 0. The number of tetrazole rings is 1. The standard InChI is InChI=1S/C17H17FN6O4S2/c18-14-3-1-5-16(11-14)29(25,26)22-7-9-23(10-8-22)30(27,28)17-6-2-4-15(12-17)24-13-19-20-21-24/h1-6,11-13H,7-10H2. The first-order valence-corrected chi connectivity index (χ1v) is 11.8. The molecule has 1 saturated heterocycles. The molecule has 30 heavy (non-hydrogen) atoms. The highest BCUT2D eigenvalue weighted by atomic mass is 32.2. The second-order valence-corrected chi connectivity index (χ2v) is 10.4. The van der Waals surface area contributed by atoms with Crippen LogP contribution in [0, 0.1) is 5.82 Å². The number of sulfonamides is 2. The highest BCUT2D eigenvalue weighted by molar-refractivity contribution is 7.89. The molecule has 0 N–H and O–H groups in total. The highest BCUT2D eigenvalue weighted by Crippen LogP contribution is 2.23. The number of nitrogens with zero attached hydrogens (tertiary/aromatic N) is 6. The Bertz CT molecular complexity index is 1260. The van der Waals surface area contributed by atoms with E-state index >= 15 is 0 Å². The minimum absolute atomic E-state index is 0.0218. The number of hydrogen-bond donors (Lipinski definition) is 0. The van der Waals surface area contributed by atoms with Crippen LogP contribution in [0.3, 0.4) is 0 Å². The Hall–Kier alpha value is -2.74. The summed E-state index contributed by atoms with van der Waals surface area (Å²) in [5.74, 6) is -0.653. The number of halogens is 1. The summed E-state index contributed by atoms with van der Waals surface area (Å²) in [6.45, 7) is -0.118. The van der Waals surface area contributed by atoms with Gasteiger partial charge < -0.3 is 0 Å². The molecule has 0 saturated carbocycles. The summed E-state index contributed by atoms with van der Waals surface area (Å²) in [4.78, 5) is -0.107. The second kappa shape index (κ2) is 7.83. The molecular formula is C17H17FN6O4S2. The smallest absolute Gasteiger partial charge is 0.207 e. The van der Waals surface area contributed by atoms with E-state index in [-0.39, 0.29) is 36.0 Å². The molecule has 0 aliphatic carbocycles. The second-order valence-electron chi connectivity index (χ2n) is 6.52. The Balaban J connectivity index is 1.52. The molecule has 1 aliphatic rings. The van der Waals surface area contributed by atoms with E-state index in [2.05, 4.69) is 15.5 Å². The fourth-order valence-corrected chi connectivity index (χ4v) is 6.06. The molecule has 1 aromatic heterocycles. The number of rotatable bonds is 5. The van der Waals surface area contributed by atoms with Gasteiger partial charge in [0.1, 0.15) is 12.1 Å². The third-order valence-electron chi connectivity index (χ3n) is 4.70. The zero-order chi connectivity index (χ0) is 21.4. The summed E-state index contributed by atoms with van der Waals surface area (Å²) in [7, 11) is -7.75. The third kappa shape index (κ3) is 3.84. The van der Waals surface area contributed by atoms with Crippen LogP contribution in [0.5, 0.6) is 0 Å². The maximum Gasteiger partial charge on any atom is 0.243 e. The van der Waals surface area contributed by atoms with Crippen molar-refractivity contribution in [3.8, 4) is 5.69 Å². The van der Waals surface area contributed by atoms with Crippen LogP contribution in [0.15, 0.2) is 64.6 Å². The Morgan fingerprint density at radius 2 is 1.37 bits per heavy atom. The molecule has 0 atom stereocenters. The van der Waals surface area contributed by atoms with E-state index in [1.807, 2.05) is 0 Å². The average molecular weight is 452 g/mol. The van der Waals surface area contributed by atoms with Gasteiger partial charge in [-0.25, -0.2) is 25.9 Å². The molecule has 0 amide bonds. The van der Waals surface area contributed by atoms with Crippen LogP contribution >= 0.6 is 0 Å². The lowest BCUT2D eigenvalue weighted by Gasteiger charge is -2.33. The topological polar surface area (TPSA) is 118 Å². The number of aromatic nitrogens is 4. The van der Waals surface area contributed by atoms with E-state index in [0.717, 1.165) is 16.4 Å². The molecule has 2 heterocycles. The molecule has 0 spiro atoms. The van der Waals surface area contributed by atoms with Crippen molar-refractivity contribution in [3.63, 3.8) is 0 Å². The Morgan fingerprint density at radius 1 is 0.800 bits per heavy atom. The van der Waals surface area contributed by atoms with E-state index in [0.29, 0.717) is 5.69 Å². The molecule has 0 radical (unpaired) electrons. The molecular weight excluding hydrogens is 435 g/mol. The fourth-order valence-electron chi connectivity index (χ4n) is 3.14. The molecule has 1 aliphatic heterocycles. The van der Waals surface area contributed by atoms with Crippen molar-refractivity contribution in [1.82, 2.24) is 28.8 Å². The van der Waals surface area contributed by atoms with Crippen LogP contribution < -0.4 is 0 Å². The van der Waals surface area contributed by atoms with Gasteiger partial charge in [-0.15, -0.1) is 5.10 Å². The van der Waals surface area contributed by atoms with E-state index in [1.54, 1.807) is 12.1 Å². The van der Waals surface area contributed by atoms with Gasteiger partial charge in [0.2, 0.25) is 20.0 Å². The van der Waals surface area contributed by atoms with E-state index < -0.39 is 25.9 Å². The monoisotopic (exact) mass is 452 g/mol. The molecule has 3 aromatic rings. The maximum absolute atomic E-state index is 13.4. The number of hydrogen-bond acceptors (Lipinski definition) is 7. The van der Waals surface area contributed by atoms with Crippen molar-refractivity contribution in [3.05, 3.63) is 60.7 Å². The Labute approximate surface area is 172 Å². The molecule has 158 valence electrons. The van der Waals surface area contributed by atoms with Crippen molar-refractivity contribution in [2.45, 2.75) is 9.79 Å². The molecule has 0 bridgehead atoms. The van der Waals surface area contributed by atoms with Gasteiger partial charge in [0.05, 0.1) is 15.5 Å². The van der Waals surface area contributed by atoms with Crippen molar-refractivity contribution in [1.29, 1.82) is 0 Å². The lowest BCUT2D eigenvalue weighted by Crippen LogP contribution is -2.50. The molecule has 13 heteroatoms. The van der Waals surface area contributed by atoms with Crippen molar-refractivity contribution in [2.24, 2.45) is 0 Å². The van der Waals surface area contributed by atoms with Gasteiger partial charge in [-0.1, -0.05) is 12.1 Å². The number of piperazine rings is 1. The lowest BCUT2D eigenvalue weighted by atomic mass is 10.3. The van der Waals surface area contributed by atoms with E-state index in [4.69, 9.17) is 0 Å². The first-order valence-electron chi connectivity index (χ1n) is 8.88. The van der Waals surface area contributed by atoms with Crippen LogP contribution in [0.2, 0.25) is 0 Å². The summed E-state index contributed by atoms with van der Waals surface area (Å²) in [6.07, 6.45) is 1.35. The third-order valence-corrected chi connectivity index (χ3v) is 8.49. The fraction of sp³-hybridized carbons (Fsp3) is 0.235.